The molecule has 1 aromatic heterocycles. The number of carbonyl (C=O) groups excluding carboxylic acids is 1. The standard InChI is InChI=1S/C24H27N3O/c1-18(2)27(17-20-10-6-4-7-11-20)24(28)23-15-14-22(16-25-23)26-19(3)21-12-8-5-9-13-21/h4-16,18-19,26H,17H2,1-3H3. The lowest BCUT2D eigenvalue weighted by Crippen LogP contribution is -2.36. The summed E-state index contributed by atoms with van der Waals surface area (Å²) in [6.07, 6.45) is 1.73. The fourth-order valence-electron chi connectivity index (χ4n) is 3.10. The number of benzene rings is 2. The van der Waals surface area contributed by atoms with Crippen molar-refractivity contribution in [3.05, 3.63) is 95.8 Å². The zero-order chi connectivity index (χ0) is 19.9. The Hall–Kier alpha value is -3.14. The van der Waals surface area contributed by atoms with Gasteiger partial charge in [0, 0.05) is 18.6 Å². The molecule has 0 aliphatic rings. The van der Waals surface area contributed by atoms with Gasteiger partial charge in [0.25, 0.3) is 5.91 Å². The highest BCUT2D eigenvalue weighted by molar-refractivity contribution is 5.92. The van der Waals surface area contributed by atoms with Crippen molar-refractivity contribution in [1.29, 1.82) is 0 Å². The van der Waals surface area contributed by atoms with E-state index in [9.17, 15) is 4.79 Å². The largest absolute Gasteiger partial charge is 0.377 e. The van der Waals surface area contributed by atoms with E-state index in [0.717, 1.165) is 11.3 Å². The number of carbonyl (C=O) groups is 1. The summed E-state index contributed by atoms with van der Waals surface area (Å²) < 4.78 is 0. The first-order valence-electron chi connectivity index (χ1n) is 9.67. The Morgan fingerprint density at radius 3 is 2.14 bits per heavy atom. The van der Waals surface area contributed by atoms with Gasteiger partial charge >= 0.3 is 0 Å². The van der Waals surface area contributed by atoms with Crippen LogP contribution in [-0.4, -0.2) is 21.8 Å². The lowest BCUT2D eigenvalue weighted by molar-refractivity contribution is 0.0684. The first-order valence-corrected chi connectivity index (χ1v) is 9.67. The summed E-state index contributed by atoms with van der Waals surface area (Å²) in [6, 6.07) is 24.2. The van der Waals surface area contributed by atoms with Gasteiger partial charge in [-0.15, -0.1) is 0 Å². The van der Waals surface area contributed by atoms with Gasteiger partial charge in [-0.1, -0.05) is 60.7 Å². The second kappa shape index (κ2) is 9.18. The molecule has 144 valence electrons. The summed E-state index contributed by atoms with van der Waals surface area (Å²) in [5.41, 5.74) is 3.67. The Labute approximate surface area is 167 Å². The van der Waals surface area contributed by atoms with E-state index in [1.165, 1.54) is 5.56 Å². The van der Waals surface area contributed by atoms with E-state index < -0.39 is 0 Å². The molecule has 0 radical (unpaired) electrons. The molecule has 0 saturated carbocycles. The molecule has 3 aromatic rings. The normalized spacial score (nSPS) is 11.9. The second-order valence-corrected chi connectivity index (χ2v) is 7.22. The number of amides is 1. The Bertz CT molecular complexity index is 877. The highest BCUT2D eigenvalue weighted by Crippen LogP contribution is 2.19. The zero-order valence-electron chi connectivity index (χ0n) is 16.7. The van der Waals surface area contributed by atoms with E-state index in [0.29, 0.717) is 12.2 Å². The Morgan fingerprint density at radius 2 is 1.57 bits per heavy atom. The number of rotatable bonds is 7. The van der Waals surface area contributed by atoms with E-state index >= 15 is 0 Å². The monoisotopic (exact) mass is 373 g/mol. The average molecular weight is 374 g/mol. The maximum atomic E-state index is 13.0. The summed E-state index contributed by atoms with van der Waals surface area (Å²) in [7, 11) is 0. The quantitative estimate of drug-likeness (QED) is 0.611. The highest BCUT2D eigenvalue weighted by Gasteiger charge is 2.20. The van der Waals surface area contributed by atoms with Crippen molar-refractivity contribution in [1.82, 2.24) is 9.88 Å². The number of nitrogens with zero attached hydrogens (tertiary/aromatic N) is 2. The zero-order valence-corrected chi connectivity index (χ0v) is 16.7. The van der Waals surface area contributed by atoms with Gasteiger partial charge in [-0.2, -0.15) is 0 Å². The second-order valence-electron chi connectivity index (χ2n) is 7.22. The molecule has 4 nitrogen and oxygen atoms in total. The van der Waals surface area contributed by atoms with Crippen LogP contribution in [-0.2, 0) is 6.54 Å². The fraction of sp³-hybridized carbons (Fsp3) is 0.250. The van der Waals surface area contributed by atoms with Crippen molar-refractivity contribution in [2.24, 2.45) is 0 Å². The van der Waals surface area contributed by atoms with Crippen LogP contribution in [0.5, 0.6) is 0 Å². The molecule has 0 spiro atoms. The molecule has 0 aliphatic heterocycles. The van der Waals surface area contributed by atoms with Gasteiger partial charge in [0.1, 0.15) is 5.69 Å². The van der Waals surface area contributed by atoms with Crippen LogP contribution in [0.4, 0.5) is 5.69 Å². The molecule has 2 aromatic carbocycles. The first kappa shape index (κ1) is 19.6. The average Bonchev–Trinajstić information content (AvgIpc) is 2.73. The highest BCUT2D eigenvalue weighted by atomic mass is 16.2. The minimum Gasteiger partial charge on any atom is -0.377 e. The summed E-state index contributed by atoms with van der Waals surface area (Å²) >= 11 is 0. The summed E-state index contributed by atoms with van der Waals surface area (Å²) in [4.78, 5) is 19.2. The molecule has 1 heterocycles. The Balaban J connectivity index is 1.69. The fourth-order valence-corrected chi connectivity index (χ4v) is 3.10. The lowest BCUT2D eigenvalue weighted by atomic mass is 10.1. The molecule has 1 amide bonds. The smallest absolute Gasteiger partial charge is 0.272 e. The van der Waals surface area contributed by atoms with Crippen LogP contribution in [0.1, 0.15) is 48.4 Å². The van der Waals surface area contributed by atoms with Crippen LogP contribution in [0, 0.1) is 0 Å². The molecule has 1 atom stereocenters. The van der Waals surface area contributed by atoms with Gasteiger partial charge in [-0.25, -0.2) is 4.98 Å². The maximum absolute atomic E-state index is 13.0. The number of hydrogen-bond donors (Lipinski definition) is 1. The SMILES string of the molecule is CC(Nc1ccc(C(=O)N(Cc2ccccc2)C(C)C)nc1)c1ccccc1. The van der Waals surface area contributed by atoms with E-state index in [4.69, 9.17) is 0 Å². The third kappa shape index (κ3) is 4.97. The predicted molar refractivity (Wildman–Crippen MR) is 114 cm³/mol. The minimum absolute atomic E-state index is 0.0542. The number of nitrogens with one attached hydrogen (secondary N) is 1. The van der Waals surface area contributed by atoms with Crippen LogP contribution in [0.3, 0.4) is 0 Å². The predicted octanol–water partition coefficient (Wildman–Crippen LogP) is 5.31. The Morgan fingerprint density at radius 1 is 0.929 bits per heavy atom. The van der Waals surface area contributed by atoms with Crippen LogP contribution >= 0.6 is 0 Å². The summed E-state index contributed by atoms with van der Waals surface area (Å²) in [5.74, 6) is -0.0542. The van der Waals surface area contributed by atoms with E-state index in [1.54, 1.807) is 12.3 Å². The molecule has 4 heteroatoms. The molecular formula is C24H27N3O. The molecular weight excluding hydrogens is 346 g/mol. The van der Waals surface area contributed by atoms with Crippen LogP contribution in [0.25, 0.3) is 0 Å². The van der Waals surface area contributed by atoms with Crippen molar-refractivity contribution in [2.45, 2.75) is 39.4 Å². The maximum Gasteiger partial charge on any atom is 0.272 e. The first-order chi connectivity index (χ1) is 13.5. The van der Waals surface area contributed by atoms with Crippen molar-refractivity contribution in [2.75, 3.05) is 5.32 Å². The molecule has 0 saturated heterocycles. The van der Waals surface area contributed by atoms with Crippen molar-refractivity contribution in [3.8, 4) is 0 Å². The molecule has 1 N–H and O–H groups in total. The molecule has 0 aliphatic carbocycles. The van der Waals surface area contributed by atoms with Gasteiger partial charge in [0.05, 0.1) is 11.9 Å². The van der Waals surface area contributed by atoms with Crippen LogP contribution in [0.15, 0.2) is 79.0 Å². The van der Waals surface area contributed by atoms with Gasteiger partial charge in [0.2, 0.25) is 0 Å². The topological polar surface area (TPSA) is 45.2 Å². The molecule has 28 heavy (non-hydrogen) atoms. The number of pyridine rings is 1. The van der Waals surface area contributed by atoms with Crippen LogP contribution < -0.4 is 5.32 Å². The van der Waals surface area contributed by atoms with Gasteiger partial charge in [0.15, 0.2) is 0 Å². The number of hydrogen-bond acceptors (Lipinski definition) is 3. The van der Waals surface area contributed by atoms with E-state index in [2.05, 4.69) is 29.4 Å². The van der Waals surface area contributed by atoms with E-state index in [-0.39, 0.29) is 18.0 Å². The van der Waals surface area contributed by atoms with Crippen molar-refractivity contribution in [3.63, 3.8) is 0 Å². The molecule has 3 rings (SSSR count). The summed E-state index contributed by atoms with van der Waals surface area (Å²) in [5, 5.41) is 3.43. The molecule has 0 fully saturated rings. The van der Waals surface area contributed by atoms with Gasteiger partial charge < -0.3 is 10.2 Å². The summed E-state index contributed by atoms with van der Waals surface area (Å²) in [6.45, 7) is 6.73. The number of aromatic nitrogens is 1. The third-order valence-electron chi connectivity index (χ3n) is 4.75. The van der Waals surface area contributed by atoms with Gasteiger partial charge in [-0.05, 0) is 44.0 Å². The Kier molecular flexibility index (Phi) is 6.43. The van der Waals surface area contributed by atoms with Crippen molar-refractivity contribution >= 4 is 11.6 Å². The molecule has 1 unspecified atom stereocenters. The number of anilines is 1. The van der Waals surface area contributed by atoms with E-state index in [1.807, 2.05) is 73.3 Å². The lowest BCUT2D eigenvalue weighted by Gasteiger charge is -2.26. The third-order valence-corrected chi connectivity index (χ3v) is 4.75. The minimum atomic E-state index is -0.0542. The van der Waals surface area contributed by atoms with Crippen LogP contribution in [0.2, 0.25) is 0 Å². The van der Waals surface area contributed by atoms with Gasteiger partial charge in [-0.3, -0.25) is 4.79 Å². The molecule has 0 bridgehead atoms. The van der Waals surface area contributed by atoms with Crippen molar-refractivity contribution < 1.29 is 4.79 Å².